The molecule has 0 bridgehead atoms. The van der Waals surface area contributed by atoms with Crippen LogP contribution in [0, 0.1) is 24.1 Å². The number of fused-ring (bicyclic) bond motifs is 4. The highest BCUT2D eigenvalue weighted by Gasteiger charge is 2.22. The van der Waals surface area contributed by atoms with Gasteiger partial charge in [0.05, 0.1) is 17.3 Å². The molecule has 0 spiro atoms. The predicted molar refractivity (Wildman–Crippen MR) is 154 cm³/mol. The average molecular weight is 464 g/mol. The van der Waals surface area contributed by atoms with E-state index >= 15 is 0 Å². The summed E-state index contributed by atoms with van der Waals surface area (Å²) in [7, 11) is 5.36. The van der Waals surface area contributed by atoms with Crippen molar-refractivity contribution in [2.75, 3.05) is 0 Å². The van der Waals surface area contributed by atoms with Crippen LogP contribution in [0.5, 0.6) is 0 Å². The van der Waals surface area contributed by atoms with E-state index in [1.807, 2.05) is 51.2 Å². The maximum absolute atomic E-state index is 14.6. The summed E-state index contributed by atoms with van der Waals surface area (Å²) in [6.45, 7) is 2.01. The highest BCUT2D eigenvalue weighted by Crippen LogP contribution is 2.42. The Labute approximate surface area is 210 Å². The Morgan fingerprint density at radius 1 is 0.889 bits per heavy atom. The first kappa shape index (κ1) is 22.2. The highest BCUT2D eigenvalue weighted by molar-refractivity contribution is 6.52. The molecular weight excluding hydrogens is 444 g/mol. The number of pyridine rings is 1. The van der Waals surface area contributed by atoms with Gasteiger partial charge in [-0.25, -0.2) is 4.39 Å². The van der Waals surface area contributed by atoms with Crippen LogP contribution in [0.1, 0.15) is 11.1 Å². The first-order valence-corrected chi connectivity index (χ1v) is 11.9. The van der Waals surface area contributed by atoms with Crippen molar-refractivity contribution in [2.24, 2.45) is 0 Å². The van der Waals surface area contributed by atoms with Gasteiger partial charge in [0.25, 0.3) is 0 Å². The second-order valence-corrected chi connectivity index (χ2v) is 9.38. The van der Waals surface area contributed by atoms with Gasteiger partial charge in [-0.05, 0) is 47.0 Å². The standard InChI is InChI=1S/C29H20B3FN2O/c1-14-6-10-20-22-18(13-34)9-11-19(17-8-7-15-4-2-3-5-16(15)12-17)27(22)36-28(20)21(14)26-24(31)23(30)25(33)29(32)35-26/h2-12H,30-32H2,1H3. The van der Waals surface area contributed by atoms with Crippen molar-refractivity contribution in [1.82, 2.24) is 4.98 Å². The lowest BCUT2D eigenvalue weighted by Crippen LogP contribution is -2.38. The van der Waals surface area contributed by atoms with Gasteiger partial charge in [0, 0.05) is 27.5 Å². The minimum Gasteiger partial charge on any atom is -0.455 e. The van der Waals surface area contributed by atoms with Crippen LogP contribution in [0.25, 0.3) is 55.1 Å². The zero-order valence-electron chi connectivity index (χ0n) is 20.5. The quantitative estimate of drug-likeness (QED) is 0.371. The van der Waals surface area contributed by atoms with Gasteiger partial charge in [0.15, 0.2) is 7.85 Å². The van der Waals surface area contributed by atoms with Crippen molar-refractivity contribution in [2.45, 2.75) is 6.92 Å². The fraction of sp³-hybridized carbons (Fsp3) is 0.0345. The third kappa shape index (κ3) is 3.18. The van der Waals surface area contributed by atoms with E-state index in [0.717, 1.165) is 49.3 Å². The SMILES string of the molecule is Bc1nc(-c2c(C)ccc3c2oc2c(-c4ccc5ccccc5c4)ccc(C#N)c23)c(B)c(B)c1F. The fourth-order valence-electron chi connectivity index (χ4n) is 5.17. The van der Waals surface area contributed by atoms with Crippen LogP contribution in [0.2, 0.25) is 0 Å². The van der Waals surface area contributed by atoms with E-state index in [0.29, 0.717) is 33.5 Å². The highest BCUT2D eigenvalue weighted by atomic mass is 19.1. The molecule has 0 atom stereocenters. The Kier molecular flexibility index (Phi) is 5.01. The molecule has 0 aliphatic carbocycles. The van der Waals surface area contributed by atoms with Gasteiger partial charge in [-0.3, -0.25) is 4.98 Å². The minimum absolute atomic E-state index is 0.281. The topological polar surface area (TPSA) is 49.8 Å². The van der Waals surface area contributed by atoms with Gasteiger partial charge in [-0.2, -0.15) is 5.26 Å². The van der Waals surface area contributed by atoms with Gasteiger partial charge < -0.3 is 4.42 Å². The molecule has 2 heterocycles. The molecule has 0 radical (unpaired) electrons. The number of aryl methyl sites for hydroxylation is 1. The van der Waals surface area contributed by atoms with E-state index in [-0.39, 0.29) is 5.82 Å². The molecule has 0 amide bonds. The number of benzene rings is 4. The van der Waals surface area contributed by atoms with Gasteiger partial charge in [-0.15, -0.1) is 0 Å². The molecular formula is C29H20B3FN2O. The van der Waals surface area contributed by atoms with Gasteiger partial charge >= 0.3 is 0 Å². The molecule has 6 aromatic rings. The third-order valence-corrected chi connectivity index (χ3v) is 7.26. The molecule has 0 aliphatic rings. The smallest absolute Gasteiger partial charge is 0.167 e. The molecule has 3 nitrogen and oxygen atoms in total. The summed E-state index contributed by atoms with van der Waals surface area (Å²) < 4.78 is 21.2. The van der Waals surface area contributed by atoms with E-state index in [4.69, 9.17) is 4.42 Å². The fourth-order valence-corrected chi connectivity index (χ4v) is 5.17. The van der Waals surface area contributed by atoms with Crippen LogP contribution in [-0.2, 0) is 0 Å². The van der Waals surface area contributed by atoms with E-state index in [1.54, 1.807) is 15.7 Å². The average Bonchev–Trinajstić information content (AvgIpc) is 3.28. The minimum atomic E-state index is -0.281. The molecule has 0 fully saturated rings. The lowest BCUT2D eigenvalue weighted by molar-refractivity contribution is 0.641. The zero-order valence-corrected chi connectivity index (χ0v) is 20.5. The van der Waals surface area contributed by atoms with Crippen LogP contribution >= 0.6 is 0 Å². The lowest BCUT2D eigenvalue weighted by atomic mass is 9.75. The van der Waals surface area contributed by atoms with Gasteiger partial charge in [0.2, 0.25) is 0 Å². The monoisotopic (exact) mass is 464 g/mol. The molecule has 0 saturated carbocycles. The largest absolute Gasteiger partial charge is 0.455 e. The predicted octanol–water partition coefficient (Wildman–Crippen LogP) is 2.56. The molecule has 7 heteroatoms. The van der Waals surface area contributed by atoms with Crippen molar-refractivity contribution in [3.63, 3.8) is 0 Å². The van der Waals surface area contributed by atoms with Gasteiger partial charge in [-0.1, -0.05) is 59.5 Å². The first-order chi connectivity index (χ1) is 17.4. The maximum Gasteiger partial charge on any atom is 0.167 e. The number of rotatable bonds is 2. The van der Waals surface area contributed by atoms with Crippen LogP contribution in [0.3, 0.4) is 0 Å². The Morgan fingerprint density at radius 3 is 2.44 bits per heavy atom. The van der Waals surface area contributed by atoms with E-state index in [2.05, 4.69) is 41.4 Å². The Morgan fingerprint density at radius 2 is 1.67 bits per heavy atom. The summed E-state index contributed by atoms with van der Waals surface area (Å²) in [6, 6.07) is 24.7. The second kappa shape index (κ2) is 8.14. The molecule has 6 rings (SSSR count). The van der Waals surface area contributed by atoms with Crippen molar-refractivity contribution < 1.29 is 8.81 Å². The third-order valence-electron chi connectivity index (χ3n) is 7.26. The first-order valence-electron chi connectivity index (χ1n) is 11.9. The number of halogens is 1. The summed E-state index contributed by atoms with van der Waals surface area (Å²) in [4.78, 5) is 4.64. The number of furan rings is 1. The summed E-state index contributed by atoms with van der Waals surface area (Å²) in [6.07, 6.45) is 0. The normalized spacial score (nSPS) is 11.4. The Bertz CT molecular complexity index is 1920. The van der Waals surface area contributed by atoms with E-state index < -0.39 is 0 Å². The van der Waals surface area contributed by atoms with Crippen LogP contribution in [0.15, 0.2) is 71.1 Å². The molecule has 0 saturated heterocycles. The van der Waals surface area contributed by atoms with E-state index in [9.17, 15) is 9.65 Å². The lowest BCUT2D eigenvalue weighted by Gasteiger charge is -2.14. The number of nitriles is 1. The maximum atomic E-state index is 14.6. The Hall–Kier alpha value is -4.30. The summed E-state index contributed by atoms with van der Waals surface area (Å²) in [5.74, 6) is -0.281. The molecule has 0 unspecified atom stereocenters. The van der Waals surface area contributed by atoms with Crippen LogP contribution in [-0.4, -0.2) is 28.5 Å². The molecule has 4 aromatic carbocycles. The molecule has 2 aromatic heterocycles. The summed E-state index contributed by atoms with van der Waals surface area (Å²) in [5.41, 5.74) is 8.07. The molecule has 36 heavy (non-hydrogen) atoms. The van der Waals surface area contributed by atoms with Gasteiger partial charge in [0.1, 0.15) is 32.7 Å². The number of hydrogen-bond donors (Lipinski definition) is 0. The van der Waals surface area contributed by atoms with Crippen molar-refractivity contribution in [3.05, 3.63) is 83.7 Å². The number of aromatic nitrogens is 1. The molecule has 0 aliphatic heterocycles. The number of nitrogens with zero attached hydrogens (tertiary/aromatic N) is 2. The summed E-state index contributed by atoms with van der Waals surface area (Å²) >= 11 is 0. The van der Waals surface area contributed by atoms with Crippen molar-refractivity contribution in [3.8, 4) is 28.5 Å². The van der Waals surface area contributed by atoms with Crippen LogP contribution < -0.4 is 16.5 Å². The van der Waals surface area contributed by atoms with Crippen molar-refractivity contribution >= 4 is 72.8 Å². The van der Waals surface area contributed by atoms with Crippen LogP contribution in [0.4, 0.5) is 4.39 Å². The summed E-state index contributed by atoms with van der Waals surface area (Å²) in [5, 5.41) is 13.9. The zero-order chi connectivity index (χ0) is 25.1. The number of hydrogen-bond acceptors (Lipinski definition) is 3. The molecule has 168 valence electrons. The van der Waals surface area contributed by atoms with Crippen molar-refractivity contribution in [1.29, 1.82) is 5.26 Å². The molecule has 0 N–H and O–H groups in total. The van der Waals surface area contributed by atoms with E-state index in [1.165, 1.54) is 0 Å². The second-order valence-electron chi connectivity index (χ2n) is 9.38. The Balaban J connectivity index is 1.72.